The predicted molar refractivity (Wildman–Crippen MR) is 21.3 cm³/mol. The Kier molecular flexibility index (Phi) is 110000. The van der Waals surface area contributed by atoms with Crippen LogP contribution in [0, 0.1) is 0 Å². The molecule has 0 saturated carbocycles. The zero-order valence-corrected chi connectivity index (χ0v) is 11.2. The van der Waals surface area contributed by atoms with Crippen LogP contribution in [-0.2, 0) is 61.8 Å². The SMILES string of the molecule is [Fe+2].[OH-].[OH-].[OH-].[OH-].[OH-].[OH-].[OH-].[OH-].[OH-].[OH-].[OH-].[V+5].[Zr+4]. The average Bonchev–Trinajstić information content (AvgIpc) is 0. The van der Waals surface area contributed by atoms with Gasteiger partial charge >= 0.3 is 61.8 Å². The van der Waals surface area contributed by atoms with Gasteiger partial charge in [0.05, 0.1) is 0 Å². The molecule has 0 aliphatic heterocycles. The van der Waals surface area contributed by atoms with Crippen LogP contribution in [0.5, 0.6) is 0 Å². The fraction of sp³-hybridized carbons (Fsp3) is 0. The van der Waals surface area contributed by atoms with Crippen molar-refractivity contribution in [3.8, 4) is 0 Å². The number of hydrogen-bond donors (Lipinski definition) is 0. The van der Waals surface area contributed by atoms with E-state index in [0.29, 0.717) is 0 Å². The second-order valence-corrected chi connectivity index (χ2v) is 0. The summed E-state index contributed by atoms with van der Waals surface area (Å²) in [6.45, 7) is 0. The van der Waals surface area contributed by atoms with Gasteiger partial charge in [-0.2, -0.15) is 0 Å². The predicted octanol–water partition coefficient (Wildman–Crippen LogP) is -1.95. The molecule has 0 amide bonds. The van der Waals surface area contributed by atoms with E-state index in [4.69, 9.17) is 0 Å². The fourth-order valence-electron chi connectivity index (χ4n) is 0. The topological polar surface area (TPSA) is 330 Å². The Bertz CT molecular complexity index is 15.2. The van der Waals surface area contributed by atoms with Crippen molar-refractivity contribution >= 4 is 0 Å². The summed E-state index contributed by atoms with van der Waals surface area (Å²) in [5, 5.41) is 0. The van der Waals surface area contributed by atoms with Gasteiger partial charge in [-0.1, -0.05) is 0 Å². The Morgan fingerprint density at radius 2 is 0.286 bits per heavy atom. The molecule has 0 saturated heterocycles. The van der Waals surface area contributed by atoms with Crippen LogP contribution in [0.15, 0.2) is 0 Å². The van der Waals surface area contributed by atoms with E-state index >= 15 is 0 Å². The van der Waals surface area contributed by atoms with Gasteiger partial charge in [-0.3, -0.25) is 0 Å². The summed E-state index contributed by atoms with van der Waals surface area (Å²) in [5.41, 5.74) is 0. The first-order valence-electron chi connectivity index (χ1n) is 0. The van der Waals surface area contributed by atoms with E-state index in [1.54, 1.807) is 0 Å². The average molecular weight is 385 g/mol. The van der Waals surface area contributed by atoms with Gasteiger partial charge in [-0.15, -0.1) is 0 Å². The van der Waals surface area contributed by atoms with E-state index in [9.17, 15) is 0 Å². The first kappa shape index (κ1) is 1370. The van der Waals surface area contributed by atoms with Crippen molar-refractivity contribution in [1.29, 1.82) is 0 Å². The molecule has 11 nitrogen and oxygen atoms in total. The molecule has 0 fully saturated rings. The molecule has 0 radical (unpaired) electrons. The molecule has 94 valence electrons. The second kappa shape index (κ2) is 1120. The van der Waals surface area contributed by atoms with Crippen LogP contribution in [0.3, 0.4) is 0 Å². The van der Waals surface area contributed by atoms with Crippen molar-refractivity contribution in [1.82, 2.24) is 0 Å². The van der Waals surface area contributed by atoms with E-state index in [0.717, 1.165) is 0 Å². The third-order valence-electron chi connectivity index (χ3n) is 0. The molecule has 0 aromatic rings. The van der Waals surface area contributed by atoms with Crippen molar-refractivity contribution in [2.24, 2.45) is 0 Å². The van der Waals surface area contributed by atoms with E-state index in [2.05, 4.69) is 0 Å². The fourth-order valence-corrected chi connectivity index (χ4v) is 0. The number of rotatable bonds is 0. The summed E-state index contributed by atoms with van der Waals surface area (Å²) in [7, 11) is 0. The first-order chi connectivity index (χ1) is 0. The quantitative estimate of drug-likeness (QED) is 0.412. The molecule has 11 N–H and O–H groups in total. The van der Waals surface area contributed by atoms with Crippen LogP contribution in [0.4, 0.5) is 0 Å². The standard InChI is InChI=1S/Fe.11H2O.V.Zr/h;11*1H2;;/q+2;;;;;;;;;;;;+5;+4/p-11. The van der Waals surface area contributed by atoms with Crippen molar-refractivity contribution in [3.05, 3.63) is 0 Å². The Labute approximate surface area is 122 Å². The van der Waals surface area contributed by atoms with Gasteiger partial charge in [0.15, 0.2) is 0 Å². The van der Waals surface area contributed by atoms with E-state index < -0.39 is 0 Å². The monoisotopic (exact) mass is 384 g/mol. The Morgan fingerprint density at radius 1 is 0.286 bits per heavy atom. The molecule has 0 unspecified atom stereocenters. The van der Waals surface area contributed by atoms with Gasteiger partial charge in [0, 0.05) is 0 Å². The molecule has 0 aromatic heterocycles. The van der Waals surface area contributed by atoms with Gasteiger partial charge in [0.1, 0.15) is 0 Å². The van der Waals surface area contributed by atoms with Gasteiger partial charge < -0.3 is 60.2 Å². The maximum atomic E-state index is 0. The Morgan fingerprint density at radius 3 is 0.286 bits per heavy atom. The van der Waals surface area contributed by atoms with E-state index in [1.807, 2.05) is 0 Å². The van der Waals surface area contributed by atoms with Gasteiger partial charge in [0.25, 0.3) is 0 Å². The minimum Gasteiger partial charge on any atom is -0.870 e. The molecule has 0 aromatic carbocycles. The summed E-state index contributed by atoms with van der Waals surface area (Å²) in [4.78, 5) is 0. The zero-order valence-electron chi connectivity index (χ0n) is 6.22. The molecular weight excluding hydrogens is 374 g/mol. The molecule has 0 bridgehead atoms. The Hall–Kier alpha value is 1.55. The summed E-state index contributed by atoms with van der Waals surface area (Å²) in [6, 6.07) is 0. The summed E-state index contributed by atoms with van der Waals surface area (Å²) in [5.74, 6) is 0. The second-order valence-electron chi connectivity index (χ2n) is 0. The van der Waals surface area contributed by atoms with E-state index in [-0.39, 0.29) is 122 Å². The molecule has 0 atom stereocenters. The van der Waals surface area contributed by atoms with Crippen molar-refractivity contribution in [2.45, 2.75) is 0 Å². The molecule has 0 spiro atoms. The third-order valence-corrected chi connectivity index (χ3v) is 0. The molecule has 14 heteroatoms. The van der Waals surface area contributed by atoms with Crippen molar-refractivity contribution < 1.29 is 122 Å². The molecule has 0 aliphatic rings. The van der Waals surface area contributed by atoms with Crippen LogP contribution in [0.2, 0.25) is 0 Å². The summed E-state index contributed by atoms with van der Waals surface area (Å²) in [6.07, 6.45) is 0. The van der Waals surface area contributed by atoms with E-state index in [1.165, 1.54) is 0 Å². The van der Waals surface area contributed by atoms with Crippen LogP contribution in [-0.4, -0.2) is 60.2 Å². The van der Waals surface area contributed by atoms with Gasteiger partial charge in [0.2, 0.25) is 0 Å². The van der Waals surface area contributed by atoms with Gasteiger partial charge in [-0.25, -0.2) is 0 Å². The maximum Gasteiger partial charge on any atom is 5.00 e. The normalized spacial score (nSPS) is 0. The Balaban J connectivity index is 0. The van der Waals surface area contributed by atoms with Crippen LogP contribution >= 0.6 is 0 Å². The third kappa shape index (κ3) is 891. The van der Waals surface area contributed by atoms with Crippen LogP contribution in [0.25, 0.3) is 0 Å². The van der Waals surface area contributed by atoms with Crippen LogP contribution < -0.4 is 0 Å². The minimum absolute atomic E-state index is 0. The summed E-state index contributed by atoms with van der Waals surface area (Å²) < 4.78 is 0. The summed E-state index contributed by atoms with van der Waals surface area (Å²) >= 11 is 0. The maximum absolute atomic E-state index is 0. The van der Waals surface area contributed by atoms with Crippen LogP contribution in [0.1, 0.15) is 0 Å². The number of hydrogen-bond acceptors (Lipinski definition) is 11. The molecule has 0 heterocycles. The smallest absolute Gasteiger partial charge is 0.870 e. The molecule has 0 rings (SSSR count). The molecule has 0 aliphatic carbocycles. The minimum atomic E-state index is 0. The van der Waals surface area contributed by atoms with Gasteiger partial charge in [-0.05, 0) is 0 Å². The zero-order chi connectivity index (χ0) is 0. The first-order valence-corrected chi connectivity index (χ1v) is 0. The largest absolute Gasteiger partial charge is 5.00 e. The molecular formula is H11FeO11VZr. The molecule has 14 heavy (non-hydrogen) atoms. The van der Waals surface area contributed by atoms with Crippen molar-refractivity contribution in [2.75, 3.05) is 0 Å². The van der Waals surface area contributed by atoms with Crippen molar-refractivity contribution in [3.63, 3.8) is 0 Å².